The van der Waals surface area contributed by atoms with Crippen molar-refractivity contribution in [2.75, 3.05) is 0 Å². The maximum Gasteiger partial charge on any atom is 0.191 e. The predicted molar refractivity (Wildman–Crippen MR) is 77.4 cm³/mol. The zero-order chi connectivity index (χ0) is 14.7. The van der Waals surface area contributed by atoms with Gasteiger partial charge >= 0.3 is 0 Å². The third-order valence-electron chi connectivity index (χ3n) is 2.59. The minimum Gasteiger partial charge on any atom is -0.483 e. The van der Waals surface area contributed by atoms with Crippen LogP contribution in [0.2, 0.25) is 0 Å². The Hall–Kier alpha value is -1.01. The maximum absolute atomic E-state index is 13.7. The largest absolute Gasteiger partial charge is 0.483 e. The summed E-state index contributed by atoms with van der Waals surface area (Å²) in [7, 11) is 0. The van der Waals surface area contributed by atoms with Crippen molar-refractivity contribution in [2.45, 2.75) is 11.9 Å². The summed E-state index contributed by atoms with van der Waals surface area (Å²) < 4.78 is 46.6. The molecule has 20 heavy (non-hydrogen) atoms. The molecule has 0 aliphatic heterocycles. The normalized spacial score (nSPS) is 10.7. The molecule has 0 heterocycles. The van der Waals surface area contributed by atoms with Crippen molar-refractivity contribution < 1.29 is 17.9 Å². The number of halogens is 5. The van der Waals surface area contributed by atoms with Crippen LogP contribution in [0, 0.1) is 17.5 Å². The number of alkyl halides is 1. The molecule has 0 aliphatic rings. The summed E-state index contributed by atoms with van der Waals surface area (Å²) in [5.41, 5.74) is 0.670. The number of hydrogen-bond acceptors (Lipinski definition) is 1. The first-order chi connectivity index (χ1) is 9.51. The Morgan fingerprint density at radius 3 is 2.20 bits per heavy atom. The van der Waals surface area contributed by atoms with Crippen molar-refractivity contribution in [1.82, 2.24) is 0 Å². The van der Waals surface area contributed by atoms with E-state index in [-0.39, 0.29) is 12.2 Å². The van der Waals surface area contributed by atoms with E-state index in [1.54, 1.807) is 0 Å². The Morgan fingerprint density at radius 1 is 0.950 bits per heavy atom. The molecule has 0 amide bonds. The molecule has 0 N–H and O–H groups in total. The van der Waals surface area contributed by atoms with Crippen LogP contribution in [0.5, 0.6) is 5.75 Å². The molecule has 0 atom stereocenters. The molecule has 106 valence electrons. The van der Waals surface area contributed by atoms with Crippen molar-refractivity contribution in [3.8, 4) is 5.75 Å². The molecule has 0 unspecified atom stereocenters. The van der Waals surface area contributed by atoms with Gasteiger partial charge in [-0.2, -0.15) is 0 Å². The van der Waals surface area contributed by atoms with E-state index in [4.69, 9.17) is 4.74 Å². The SMILES string of the molecule is Fc1ccc(Br)cc1COc1c(F)cc(CBr)cc1F. The van der Waals surface area contributed by atoms with Crippen LogP contribution >= 0.6 is 31.9 Å². The average Bonchev–Trinajstić information content (AvgIpc) is 2.41. The number of hydrogen-bond donors (Lipinski definition) is 0. The summed E-state index contributed by atoms with van der Waals surface area (Å²) in [4.78, 5) is 0. The Balaban J connectivity index is 2.21. The lowest BCUT2D eigenvalue weighted by atomic mass is 10.2. The van der Waals surface area contributed by atoms with Gasteiger partial charge in [-0.25, -0.2) is 13.2 Å². The minimum atomic E-state index is -0.810. The fourth-order valence-corrected chi connectivity index (χ4v) is 2.36. The lowest BCUT2D eigenvalue weighted by Crippen LogP contribution is -2.02. The third kappa shape index (κ3) is 3.55. The van der Waals surface area contributed by atoms with Gasteiger partial charge in [0.05, 0.1) is 0 Å². The Morgan fingerprint density at radius 2 is 1.60 bits per heavy atom. The molecular weight excluding hydrogens is 401 g/mol. The lowest BCUT2D eigenvalue weighted by molar-refractivity contribution is 0.269. The molecule has 2 aromatic carbocycles. The summed E-state index contributed by atoms with van der Waals surface area (Å²) in [5.74, 6) is -2.62. The summed E-state index contributed by atoms with van der Waals surface area (Å²) in [6, 6.07) is 6.63. The predicted octanol–water partition coefficient (Wildman–Crippen LogP) is 5.34. The van der Waals surface area contributed by atoms with Gasteiger partial charge in [0.25, 0.3) is 0 Å². The van der Waals surface area contributed by atoms with E-state index in [0.29, 0.717) is 15.4 Å². The molecule has 2 rings (SSSR count). The molecule has 0 saturated heterocycles. The Kier molecular flexibility index (Phi) is 5.10. The first-order valence-electron chi connectivity index (χ1n) is 5.62. The lowest BCUT2D eigenvalue weighted by Gasteiger charge is -2.10. The van der Waals surface area contributed by atoms with Gasteiger partial charge in [-0.1, -0.05) is 31.9 Å². The van der Waals surface area contributed by atoms with Gasteiger partial charge in [-0.15, -0.1) is 0 Å². The number of ether oxygens (including phenoxy) is 1. The molecule has 0 aromatic heterocycles. The van der Waals surface area contributed by atoms with Crippen LogP contribution in [-0.2, 0) is 11.9 Å². The van der Waals surface area contributed by atoms with E-state index in [9.17, 15) is 13.2 Å². The van der Waals surface area contributed by atoms with E-state index < -0.39 is 23.2 Å². The fraction of sp³-hybridized carbons (Fsp3) is 0.143. The Labute approximate surface area is 131 Å². The smallest absolute Gasteiger partial charge is 0.191 e. The summed E-state index contributed by atoms with van der Waals surface area (Å²) in [6.45, 7) is -0.257. The molecular formula is C14H9Br2F3O. The van der Waals surface area contributed by atoms with E-state index in [0.717, 1.165) is 0 Å². The van der Waals surface area contributed by atoms with Gasteiger partial charge in [-0.3, -0.25) is 0 Å². The van der Waals surface area contributed by atoms with Crippen LogP contribution in [0.3, 0.4) is 0 Å². The standard InChI is InChI=1S/C14H9Br2F3O/c15-6-8-3-12(18)14(13(19)4-8)20-7-9-5-10(16)1-2-11(9)17/h1-5H,6-7H2. The number of benzene rings is 2. The van der Waals surface area contributed by atoms with Gasteiger partial charge < -0.3 is 4.74 Å². The third-order valence-corrected chi connectivity index (χ3v) is 3.73. The van der Waals surface area contributed by atoms with E-state index in [2.05, 4.69) is 31.9 Å². The molecule has 0 bridgehead atoms. The molecule has 6 heteroatoms. The second kappa shape index (κ2) is 6.63. The monoisotopic (exact) mass is 408 g/mol. The van der Waals surface area contributed by atoms with E-state index >= 15 is 0 Å². The quantitative estimate of drug-likeness (QED) is 0.619. The van der Waals surface area contributed by atoms with Gasteiger partial charge in [0.15, 0.2) is 17.4 Å². The first-order valence-corrected chi connectivity index (χ1v) is 7.53. The zero-order valence-electron chi connectivity index (χ0n) is 10.1. The maximum atomic E-state index is 13.7. The highest BCUT2D eigenvalue weighted by molar-refractivity contribution is 9.10. The second-order valence-corrected chi connectivity index (χ2v) is 5.52. The zero-order valence-corrected chi connectivity index (χ0v) is 13.3. The molecule has 0 fully saturated rings. The van der Waals surface area contributed by atoms with Gasteiger partial charge in [0.1, 0.15) is 12.4 Å². The van der Waals surface area contributed by atoms with Crippen molar-refractivity contribution in [2.24, 2.45) is 0 Å². The molecule has 2 aromatic rings. The van der Waals surface area contributed by atoms with Crippen molar-refractivity contribution in [1.29, 1.82) is 0 Å². The van der Waals surface area contributed by atoms with Crippen LogP contribution in [0.4, 0.5) is 13.2 Å². The van der Waals surface area contributed by atoms with Crippen LogP contribution in [0.25, 0.3) is 0 Å². The molecule has 0 radical (unpaired) electrons. The highest BCUT2D eigenvalue weighted by Crippen LogP contribution is 2.26. The van der Waals surface area contributed by atoms with Crippen LogP contribution < -0.4 is 4.74 Å². The minimum absolute atomic E-state index is 0.211. The average molecular weight is 410 g/mol. The second-order valence-electron chi connectivity index (χ2n) is 4.05. The number of rotatable bonds is 4. The van der Waals surface area contributed by atoms with Gasteiger partial charge in [-0.05, 0) is 35.9 Å². The summed E-state index contributed by atoms with van der Waals surface area (Å²) >= 11 is 6.31. The Bertz CT molecular complexity index is 609. The van der Waals surface area contributed by atoms with Crippen LogP contribution in [0.1, 0.15) is 11.1 Å². The first kappa shape index (κ1) is 15.4. The van der Waals surface area contributed by atoms with Crippen LogP contribution in [-0.4, -0.2) is 0 Å². The molecule has 0 spiro atoms. The highest BCUT2D eigenvalue weighted by Gasteiger charge is 2.13. The van der Waals surface area contributed by atoms with Crippen molar-refractivity contribution in [3.05, 3.63) is 63.4 Å². The highest BCUT2D eigenvalue weighted by atomic mass is 79.9. The van der Waals surface area contributed by atoms with E-state index in [1.165, 1.54) is 30.3 Å². The van der Waals surface area contributed by atoms with Gasteiger partial charge in [0.2, 0.25) is 0 Å². The van der Waals surface area contributed by atoms with Gasteiger partial charge in [0, 0.05) is 15.4 Å². The summed E-state index contributed by atoms with van der Waals surface area (Å²) in [5, 5.41) is 0.335. The fourth-order valence-electron chi connectivity index (χ4n) is 1.63. The van der Waals surface area contributed by atoms with E-state index in [1.807, 2.05) is 0 Å². The van der Waals surface area contributed by atoms with Crippen molar-refractivity contribution in [3.63, 3.8) is 0 Å². The van der Waals surface area contributed by atoms with Crippen LogP contribution in [0.15, 0.2) is 34.8 Å². The molecule has 0 saturated carbocycles. The molecule has 1 nitrogen and oxygen atoms in total. The summed E-state index contributed by atoms with van der Waals surface area (Å²) in [6.07, 6.45) is 0. The topological polar surface area (TPSA) is 9.23 Å². The molecule has 0 aliphatic carbocycles. The van der Waals surface area contributed by atoms with Crippen molar-refractivity contribution >= 4 is 31.9 Å².